The quantitative estimate of drug-likeness (QED) is 0.867. The van der Waals surface area contributed by atoms with E-state index in [1.165, 1.54) is 6.92 Å². The molecule has 144 valence electrons. The Morgan fingerprint density at radius 3 is 2.44 bits per heavy atom. The molecular weight excluding hydrogens is 357 g/mol. The summed E-state index contributed by atoms with van der Waals surface area (Å²) in [5.41, 5.74) is 0.0750. The molecule has 2 aliphatic heterocycles. The average molecular weight is 378 g/mol. The van der Waals surface area contributed by atoms with Crippen molar-refractivity contribution in [3.63, 3.8) is 0 Å². The molecule has 0 spiro atoms. The number of aromatic nitrogens is 2. The van der Waals surface area contributed by atoms with Crippen LogP contribution in [0.5, 0.6) is 5.75 Å². The van der Waals surface area contributed by atoms with E-state index < -0.39 is 17.5 Å². The van der Waals surface area contributed by atoms with E-state index >= 15 is 0 Å². The van der Waals surface area contributed by atoms with E-state index in [-0.39, 0.29) is 5.56 Å². The van der Waals surface area contributed by atoms with Crippen molar-refractivity contribution in [3.05, 3.63) is 35.4 Å². The molecule has 2 unspecified atom stereocenters. The number of alkyl halides is 3. The summed E-state index contributed by atoms with van der Waals surface area (Å²) in [6.45, 7) is 3.51. The number of benzene rings is 1. The molecule has 0 amide bonds. The van der Waals surface area contributed by atoms with Gasteiger partial charge in [0.2, 0.25) is 0 Å². The van der Waals surface area contributed by atoms with Gasteiger partial charge in [-0.25, -0.2) is 0 Å². The number of aryl methyl sites for hydroxylation is 1. The van der Waals surface area contributed by atoms with Crippen molar-refractivity contribution in [2.45, 2.75) is 38.0 Å². The van der Waals surface area contributed by atoms with Crippen LogP contribution in [0.15, 0.2) is 24.3 Å². The minimum absolute atomic E-state index is 0.280. The summed E-state index contributed by atoms with van der Waals surface area (Å²) in [5.74, 6) is 0.327. The zero-order chi connectivity index (χ0) is 19.3. The van der Waals surface area contributed by atoms with Gasteiger partial charge in [-0.15, -0.1) is 10.2 Å². The second-order valence-electron chi connectivity index (χ2n) is 7.35. The molecule has 1 N–H and O–H groups in total. The summed E-state index contributed by atoms with van der Waals surface area (Å²) in [7, 11) is 2.14. The normalized spacial score (nSPS) is 23.1. The van der Waals surface area contributed by atoms with Crippen LogP contribution in [0.25, 0.3) is 11.3 Å². The summed E-state index contributed by atoms with van der Waals surface area (Å²) in [4.78, 5) is 4.63. The fourth-order valence-electron chi connectivity index (χ4n) is 4.36. The van der Waals surface area contributed by atoms with Gasteiger partial charge in [-0.05, 0) is 56.6 Å². The second-order valence-corrected chi connectivity index (χ2v) is 7.35. The highest BCUT2D eigenvalue weighted by Crippen LogP contribution is 2.39. The first-order valence-electron chi connectivity index (χ1n) is 8.97. The lowest BCUT2D eigenvalue weighted by atomic mass is 10.0. The molecule has 1 aromatic heterocycles. The first-order chi connectivity index (χ1) is 12.8. The van der Waals surface area contributed by atoms with Gasteiger partial charge in [-0.3, -0.25) is 0 Å². The number of anilines is 1. The van der Waals surface area contributed by atoms with E-state index in [1.807, 2.05) is 6.07 Å². The first kappa shape index (κ1) is 18.0. The molecule has 5 nitrogen and oxygen atoms in total. The van der Waals surface area contributed by atoms with Crippen molar-refractivity contribution in [1.29, 1.82) is 0 Å². The van der Waals surface area contributed by atoms with E-state index in [0.717, 1.165) is 43.9 Å². The molecule has 0 aliphatic carbocycles. The van der Waals surface area contributed by atoms with Crippen molar-refractivity contribution >= 4 is 5.82 Å². The Kier molecular flexibility index (Phi) is 4.25. The monoisotopic (exact) mass is 378 g/mol. The van der Waals surface area contributed by atoms with Crippen molar-refractivity contribution in [3.8, 4) is 17.0 Å². The third kappa shape index (κ3) is 3.12. The highest BCUT2D eigenvalue weighted by molar-refractivity contribution is 5.71. The number of phenols is 1. The molecule has 3 heterocycles. The molecule has 2 aromatic rings. The van der Waals surface area contributed by atoms with Crippen LogP contribution >= 0.6 is 0 Å². The van der Waals surface area contributed by atoms with Crippen LogP contribution < -0.4 is 4.90 Å². The number of fused-ring (bicyclic) bond motifs is 1. The number of nitrogens with zero attached hydrogens (tertiary/aromatic N) is 4. The number of phenolic OH excluding ortho intramolecular Hbond substituents is 1. The van der Waals surface area contributed by atoms with Crippen molar-refractivity contribution < 1.29 is 18.3 Å². The number of likely N-dealkylation sites (N-methyl/N-ethyl adjacent to an activating group) is 1. The van der Waals surface area contributed by atoms with E-state index in [9.17, 15) is 18.3 Å². The van der Waals surface area contributed by atoms with E-state index in [0.29, 0.717) is 23.3 Å². The van der Waals surface area contributed by atoms with E-state index in [1.54, 1.807) is 6.07 Å². The van der Waals surface area contributed by atoms with Gasteiger partial charge in [-0.2, -0.15) is 13.2 Å². The smallest absolute Gasteiger partial charge is 0.416 e. The second kappa shape index (κ2) is 6.37. The first-order valence-corrected chi connectivity index (χ1v) is 8.97. The molecule has 4 rings (SSSR count). The maximum atomic E-state index is 12.9. The van der Waals surface area contributed by atoms with E-state index in [4.69, 9.17) is 0 Å². The summed E-state index contributed by atoms with van der Waals surface area (Å²) in [6, 6.07) is 6.26. The zero-order valence-electron chi connectivity index (χ0n) is 15.2. The van der Waals surface area contributed by atoms with Crippen LogP contribution in [0.4, 0.5) is 19.0 Å². The number of aromatic hydroxyl groups is 1. The fraction of sp³-hybridized carbons (Fsp3) is 0.474. The molecular formula is C19H21F3N4O. The Hall–Kier alpha value is -2.35. The fourth-order valence-corrected chi connectivity index (χ4v) is 4.36. The highest BCUT2D eigenvalue weighted by Gasteiger charge is 2.41. The van der Waals surface area contributed by atoms with Crippen LogP contribution in [0.2, 0.25) is 0 Å². The Balaban J connectivity index is 1.62. The number of rotatable bonds is 2. The molecule has 2 fully saturated rings. The van der Waals surface area contributed by atoms with Gasteiger partial charge in [0.15, 0.2) is 5.82 Å². The van der Waals surface area contributed by atoms with Crippen LogP contribution in [-0.2, 0) is 6.18 Å². The Bertz CT molecular complexity index is 830. The minimum Gasteiger partial charge on any atom is -0.507 e. The largest absolute Gasteiger partial charge is 0.507 e. The van der Waals surface area contributed by atoms with Gasteiger partial charge in [0.05, 0.1) is 11.3 Å². The zero-order valence-corrected chi connectivity index (χ0v) is 15.2. The van der Waals surface area contributed by atoms with Gasteiger partial charge in [-0.1, -0.05) is 0 Å². The van der Waals surface area contributed by atoms with Crippen molar-refractivity contribution in [1.82, 2.24) is 15.1 Å². The van der Waals surface area contributed by atoms with Crippen LogP contribution in [0.1, 0.15) is 24.0 Å². The van der Waals surface area contributed by atoms with Crippen LogP contribution in [-0.4, -0.2) is 52.4 Å². The SMILES string of the molecule is Cc1cc(C(F)(F)F)cc(O)c1-c1ccc(N2CCC3C2CCN3C)nn1. The molecule has 2 atom stereocenters. The molecule has 8 heteroatoms. The Labute approximate surface area is 155 Å². The highest BCUT2D eigenvalue weighted by atomic mass is 19.4. The minimum atomic E-state index is -4.50. The number of hydrogen-bond acceptors (Lipinski definition) is 5. The predicted molar refractivity (Wildman–Crippen MR) is 95.7 cm³/mol. The standard InChI is InChI=1S/C19H21F3N4O/c1-11-9-12(19(20,21)22)10-16(27)18(11)13-3-4-17(24-23-13)26-8-6-14-15(26)5-7-25(14)2/h3-4,9-10,14-15,27H,5-8H2,1-2H3. The molecule has 1 aromatic carbocycles. The molecule has 2 saturated heterocycles. The molecule has 0 saturated carbocycles. The summed E-state index contributed by atoms with van der Waals surface area (Å²) >= 11 is 0. The maximum Gasteiger partial charge on any atom is 0.416 e. The van der Waals surface area contributed by atoms with Crippen LogP contribution in [0.3, 0.4) is 0 Å². The summed E-state index contributed by atoms with van der Waals surface area (Å²) in [5, 5.41) is 18.6. The molecule has 27 heavy (non-hydrogen) atoms. The van der Waals surface area contributed by atoms with Crippen molar-refractivity contribution in [2.24, 2.45) is 0 Å². The van der Waals surface area contributed by atoms with Gasteiger partial charge < -0.3 is 14.9 Å². The molecule has 0 radical (unpaired) electrons. The third-order valence-electron chi connectivity index (χ3n) is 5.70. The maximum absolute atomic E-state index is 12.9. The lowest BCUT2D eigenvalue weighted by molar-refractivity contribution is -0.137. The summed E-state index contributed by atoms with van der Waals surface area (Å²) < 4.78 is 38.7. The lowest BCUT2D eigenvalue weighted by Crippen LogP contribution is -2.35. The predicted octanol–water partition coefficient (Wildman–Crippen LogP) is 3.46. The Morgan fingerprint density at radius 1 is 1.07 bits per heavy atom. The van der Waals surface area contributed by atoms with Gasteiger partial charge >= 0.3 is 6.18 Å². The van der Waals surface area contributed by atoms with Crippen LogP contribution in [0, 0.1) is 6.92 Å². The number of likely N-dealkylation sites (tertiary alicyclic amines) is 1. The number of hydrogen-bond donors (Lipinski definition) is 1. The van der Waals surface area contributed by atoms with E-state index in [2.05, 4.69) is 27.0 Å². The molecule has 0 bridgehead atoms. The van der Waals surface area contributed by atoms with Gasteiger partial charge in [0, 0.05) is 30.7 Å². The average Bonchev–Trinajstić information content (AvgIpc) is 3.17. The van der Waals surface area contributed by atoms with Gasteiger partial charge in [0.1, 0.15) is 5.75 Å². The van der Waals surface area contributed by atoms with Crippen molar-refractivity contribution in [2.75, 3.05) is 25.0 Å². The third-order valence-corrected chi connectivity index (χ3v) is 5.70. The van der Waals surface area contributed by atoms with Gasteiger partial charge in [0.25, 0.3) is 0 Å². The number of halogens is 3. The lowest BCUT2D eigenvalue weighted by Gasteiger charge is -2.24. The topological polar surface area (TPSA) is 52.5 Å². The Morgan fingerprint density at radius 2 is 1.81 bits per heavy atom. The summed E-state index contributed by atoms with van der Waals surface area (Å²) in [6.07, 6.45) is -2.33. The molecule has 2 aliphatic rings.